The lowest BCUT2D eigenvalue weighted by Gasteiger charge is -2.47. The predicted molar refractivity (Wildman–Crippen MR) is 235 cm³/mol. The minimum absolute atomic E-state index is 0.220. The van der Waals surface area contributed by atoms with Crippen molar-refractivity contribution in [3.8, 4) is 0 Å². The maximum absolute atomic E-state index is 7.03. The van der Waals surface area contributed by atoms with Gasteiger partial charge in [-0.25, -0.2) is 15.0 Å². The molecule has 0 bridgehead atoms. The molecular weight excluding hydrogens is 739 g/mol. The molecule has 0 saturated carbocycles. The number of pyridine rings is 3. The highest BCUT2D eigenvalue weighted by Gasteiger charge is 2.50. The third-order valence-corrected chi connectivity index (χ3v) is 14.4. The zero-order valence-electron chi connectivity index (χ0n) is 36.9. The molecule has 12 nitrogen and oxygen atoms in total. The van der Waals surface area contributed by atoms with Gasteiger partial charge in [0.2, 0.25) is 0 Å². The Balaban J connectivity index is 0.958. The van der Waals surface area contributed by atoms with Crippen molar-refractivity contribution in [3.05, 3.63) is 70.2 Å². The van der Waals surface area contributed by atoms with E-state index in [-0.39, 0.29) is 11.8 Å². The van der Waals surface area contributed by atoms with Gasteiger partial charge in [0.05, 0.1) is 32.9 Å². The number of aromatic nitrogens is 3. The van der Waals surface area contributed by atoms with Gasteiger partial charge in [0, 0.05) is 123 Å². The quantitative estimate of drug-likeness (QED) is 0.279. The lowest BCUT2D eigenvalue weighted by atomic mass is 9.90. The second kappa shape index (κ2) is 16.8. The minimum atomic E-state index is -0.450. The number of piperazine rings is 3. The molecule has 12 heteroatoms. The Bertz CT molecular complexity index is 1950. The van der Waals surface area contributed by atoms with Crippen LogP contribution in [0.15, 0.2) is 36.4 Å². The number of anilines is 3. The van der Waals surface area contributed by atoms with Crippen molar-refractivity contribution < 1.29 is 14.2 Å². The van der Waals surface area contributed by atoms with Gasteiger partial charge in [0.1, 0.15) is 28.9 Å². The normalized spacial score (nSPS) is 29.6. The average Bonchev–Trinajstić information content (AvgIpc) is 4.03. The molecule has 2 spiro atoms. The van der Waals surface area contributed by atoms with E-state index in [1.807, 2.05) is 0 Å². The molecule has 320 valence electrons. The van der Waals surface area contributed by atoms with Gasteiger partial charge < -0.3 is 33.8 Å². The van der Waals surface area contributed by atoms with E-state index in [2.05, 4.69) is 115 Å². The van der Waals surface area contributed by atoms with E-state index in [1.165, 1.54) is 28.2 Å². The fraction of sp³-hybridized carbons (Fsp3) is 0.681. The highest BCUT2D eigenvalue weighted by molar-refractivity contribution is 5.55. The minimum Gasteiger partial charge on any atom is -0.381 e. The van der Waals surface area contributed by atoms with Gasteiger partial charge in [-0.2, -0.15) is 0 Å². The molecular formula is C47H69N9O3. The van der Waals surface area contributed by atoms with Crippen LogP contribution in [-0.2, 0) is 20.6 Å². The first-order chi connectivity index (χ1) is 28.5. The smallest absolute Gasteiger partial charge is 0.139 e. The van der Waals surface area contributed by atoms with E-state index in [0.29, 0.717) is 31.0 Å². The van der Waals surface area contributed by atoms with Gasteiger partial charge in [-0.1, -0.05) is 52.8 Å². The van der Waals surface area contributed by atoms with E-state index >= 15 is 0 Å². The van der Waals surface area contributed by atoms with Crippen LogP contribution in [0.1, 0.15) is 117 Å². The molecule has 5 atom stereocenters. The molecule has 9 heterocycles. The summed E-state index contributed by atoms with van der Waals surface area (Å²) in [5, 5.41) is 3.86. The van der Waals surface area contributed by atoms with Crippen LogP contribution in [0.2, 0.25) is 0 Å². The highest BCUT2D eigenvalue weighted by atomic mass is 16.5. The fourth-order valence-corrected chi connectivity index (χ4v) is 10.5. The Labute approximate surface area is 353 Å². The van der Waals surface area contributed by atoms with Crippen LogP contribution >= 0.6 is 0 Å². The SMILES string of the molecule is CCc1ccc([C@@H]2COC3(C2)CN(c2nc(C(C)C)ccc2[C@@H]2CCOC2)CCN3)c(N2CCN(C)C3(CC(c4ccc(C(C)C)nc4N4CCN(C)CC4)CO3)C2)n1. The highest BCUT2D eigenvalue weighted by Crippen LogP contribution is 2.46. The van der Waals surface area contributed by atoms with Crippen LogP contribution in [-0.4, -0.2) is 142 Å². The molecule has 0 radical (unpaired) electrons. The van der Waals surface area contributed by atoms with E-state index < -0.39 is 11.4 Å². The second-order valence-electron chi connectivity index (χ2n) is 19.1. The Morgan fingerprint density at radius 3 is 1.95 bits per heavy atom. The Kier molecular flexibility index (Phi) is 11.7. The summed E-state index contributed by atoms with van der Waals surface area (Å²) in [6.07, 6.45) is 3.77. The summed E-state index contributed by atoms with van der Waals surface area (Å²) in [4.78, 5) is 28.5. The molecule has 6 aliphatic rings. The second-order valence-corrected chi connectivity index (χ2v) is 19.1. The maximum Gasteiger partial charge on any atom is 0.139 e. The zero-order chi connectivity index (χ0) is 40.9. The number of likely N-dealkylation sites (N-methyl/N-ethyl adjacent to an activating group) is 2. The van der Waals surface area contributed by atoms with Crippen molar-refractivity contribution in [1.29, 1.82) is 0 Å². The third-order valence-electron chi connectivity index (χ3n) is 14.4. The number of ether oxygens (including phenoxy) is 3. The largest absolute Gasteiger partial charge is 0.381 e. The number of hydrogen-bond acceptors (Lipinski definition) is 12. The Morgan fingerprint density at radius 2 is 1.27 bits per heavy atom. The van der Waals surface area contributed by atoms with Crippen LogP contribution in [0.25, 0.3) is 0 Å². The molecule has 6 fully saturated rings. The van der Waals surface area contributed by atoms with Crippen molar-refractivity contribution in [2.24, 2.45) is 0 Å². The van der Waals surface area contributed by atoms with E-state index in [9.17, 15) is 0 Å². The molecule has 0 amide bonds. The molecule has 0 aliphatic carbocycles. The van der Waals surface area contributed by atoms with Crippen molar-refractivity contribution in [2.75, 3.05) is 121 Å². The van der Waals surface area contributed by atoms with Gasteiger partial charge >= 0.3 is 0 Å². The Hall–Kier alpha value is -3.39. The van der Waals surface area contributed by atoms with Crippen molar-refractivity contribution in [1.82, 2.24) is 30.1 Å². The first-order valence-electron chi connectivity index (χ1n) is 22.8. The lowest BCUT2D eigenvalue weighted by Crippen LogP contribution is -2.61. The zero-order valence-corrected chi connectivity index (χ0v) is 36.9. The number of rotatable bonds is 9. The molecule has 9 rings (SSSR count). The Morgan fingerprint density at radius 1 is 0.661 bits per heavy atom. The maximum atomic E-state index is 7.03. The van der Waals surface area contributed by atoms with Crippen molar-refractivity contribution in [3.63, 3.8) is 0 Å². The predicted octanol–water partition coefficient (Wildman–Crippen LogP) is 5.90. The third kappa shape index (κ3) is 8.10. The van der Waals surface area contributed by atoms with Crippen LogP contribution in [0.3, 0.4) is 0 Å². The van der Waals surface area contributed by atoms with E-state index in [1.54, 1.807) is 0 Å². The summed E-state index contributed by atoms with van der Waals surface area (Å²) in [7, 11) is 4.47. The monoisotopic (exact) mass is 808 g/mol. The molecule has 0 aromatic carbocycles. The summed E-state index contributed by atoms with van der Waals surface area (Å²) >= 11 is 0. The standard InChI is InChI=1S/C47H69N9O3/c1-8-37-9-10-39(35-25-46(58-28-35)30-55(17-16-48-46)45-38(34-15-24-57-27-34)11-13-42(51-45)33(4)5)43(49-37)56-23-20-53(7)47(31-56)26-36(29-59-47)40-12-14-41(32(2)3)50-44(40)54-21-18-52(6)19-22-54/h9-14,32-36,48H,8,15-31H2,1-7H3/t34-,35+,36?,46?,47?/m1/s1. The summed E-state index contributed by atoms with van der Waals surface area (Å²) in [5.41, 5.74) is 6.54. The topological polar surface area (TPSA) is 94.6 Å². The number of aryl methyl sites for hydroxylation is 1. The fourth-order valence-electron chi connectivity index (χ4n) is 10.5. The van der Waals surface area contributed by atoms with Gasteiger partial charge in [-0.05, 0) is 57.0 Å². The summed E-state index contributed by atoms with van der Waals surface area (Å²) in [6, 6.07) is 13.8. The number of nitrogens with one attached hydrogen (secondary N) is 1. The number of hydrogen-bond donors (Lipinski definition) is 1. The van der Waals surface area contributed by atoms with Crippen LogP contribution in [0.5, 0.6) is 0 Å². The lowest BCUT2D eigenvalue weighted by molar-refractivity contribution is -0.114. The van der Waals surface area contributed by atoms with E-state index in [4.69, 9.17) is 29.2 Å². The van der Waals surface area contributed by atoms with Gasteiger partial charge in [-0.15, -0.1) is 0 Å². The van der Waals surface area contributed by atoms with Gasteiger partial charge in [0.25, 0.3) is 0 Å². The molecule has 6 aliphatic heterocycles. The molecule has 3 unspecified atom stereocenters. The van der Waals surface area contributed by atoms with Crippen LogP contribution in [0.4, 0.5) is 17.5 Å². The first kappa shape index (κ1) is 41.0. The molecule has 3 aromatic heterocycles. The van der Waals surface area contributed by atoms with Crippen molar-refractivity contribution >= 4 is 17.5 Å². The molecule has 3 aromatic rings. The average molecular weight is 808 g/mol. The summed E-state index contributed by atoms with van der Waals surface area (Å²) < 4.78 is 19.8. The molecule has 6 saturated heterocycles. The summed E-state index contributed by atoms with van der Waals surface area (Å²) in [6.45, 7) is 23.4. The van der Waals surface area contributed by atoms with Crippen LogP contribution in [0, 0.1) is 0 Å². The first-order valence-corrected chi connectivity index (χ1v) is 22.8. The molecule has 1 N–H and O–H groups in total. The van der Waals surface area contributed by atoms with E-state index in [0.717, 1.165) is 127 Å². The van der Waals surface area contributed by atoms with Crippen LogP contribution < -0.4 is 20.0 Å². The molecule has 59 heavy (non-hydrogen) atoms. The summed E-state index contributed by atoms with van der Waals surface area (Å²) in [5.74, 6) is 5.03. The van der Waals surface area contributed by atoms with Gasteiger partial charge in [-0.3, -0.25) is 10.2 Å². The number of nitrogens with zero attached hydrogens (tertiary/aromatic N) is 8. The van der Waals surface area contributed by atoms with Crippen molar-refractivity contribution in [2.45, 2.75) is 101 Å². The van der Waals surface area contributed by atoms with Gasteiger partial charge in [0.15, 0.2) is 0 Å².